The first-order valence-corrected chi connectivity index (χ1v) is 6.58. The van der Waals surface area contributed by atoms with Crippen LogP contribution < -0.4 is 0 Å². The van der Waals surface area contributed by atoms with Gasteiger partial charge in [0, 0.05) is 6.61 Å². The standard InChI is InChI=1S/C13H15BrO3/c1-16-13(15)12(14)10-6-3-2-5-9(10)11-7-4-8-17-11/h2-3,5-6,11-12H,4,7-8H2,1H3. The first kappa shape index (κ1) is 12.6. The zero-order chi connectivity index (χ0) is 12.3. The Morgan fingerprint density at radius 3 is 2.94 bits per heavy atom. The molecule has 17 heavy (non-hydrogen) atoms. The van der Waals surface area contributed by atoms with Crippen LogP contribution in [0.15, 0.2) is 24.3 Å². The molecule has 4 heteroatoms. The largest absolute Gasteiger partial charge is 0.468 e. The summed E-state index contributed by atoms with van der Waals surface area (Å²) >= 11 is 3.38. The van der Waals surface area contributed by atoms with Gasteiger partial charge in [-0.05, 0) is 24.0 Å². The molecule has 0 amide bonds. The molecule has 1 aromatic rings. The van der Waals surface area contributed by atoms with E-state index < -0.39 is 4.83 Å². The third-order valence-corrected chi connectivity index (χ3v) is 3.82. The maximum Gasteiger partial charge on any atom is 0.324 e. The second-order valence-corrected chi connectivity index (χ2v) is 4.93. The molecule has 1 fully saturated rings. The summed E-state index contributed by atoms with van der Waals surface area (Å²) in [6.07, 6.45) is 2.19. The smallest absolute Gasteiger partial charge is 0.324 e. The van der Waals surface area contributed by atoms with Crippen molar-refractivity contribution in [3.8, 4) is 0 Å². The zero-order valence-electron chi connectivity index (χ0n) is 9.69. The van der Waals surface area contributed by atoms with Crippen molar-refractivity contribution in [2.45, 2.75) is 23.8 Å². The highest BCUT2D eigenvalue weighted by Gasteiger charge is 2.26. The van der Waals surface area contributed by atoms with Gasteiger partial charge in [-0.2, -0.15) is 0 Å². The van der Waals surface area contributed by atoms with Crippen LogP contribution in [0.5, 0.6) is 0 Å². The van der Waals surface area contributed by atoms with Crippen LogP contribution in [0.4, 0.5) is 0 Å². The van der Waals surface area contributed by atoms with Crippen LogP contribution in [0.2, 0.25) is 0 Å². The number of alkyl halides is 1. The van der Waals surface area contributed by atoms with Crippen molar-refractivity contribution < 1.29 is 14.3 Å². The van der Waals surface area contributed by atoms with Crippen molar-refractivity contribution in [1.82, 2.24) is 0 Å². The Kier molecular flexibility index (Phi) is 4.18. The summed E-state index contributed by atoms with van der Waals surface area (Å²) in [5, 5.41) is 0. The Morgan fingerprint density at radius 2 is 2.29 bits per heavy atom. The van der Waals surface area contributed by atoms with E-state index in [1.807, 2.05) is 24.3 Å². The molecule has 0 radical (unpaired) electrons. The number of hydrogen-bond donors (Lipinski definition) is 0. The first-order valence-electron chi connectivity index (χ1n) is 5.66. The van der Waals surface area contributed by atoms with E-state index in [0.29, 0.717) is 0 Å². The van der Waals surface area contributed by atoms with E-state index in [4.69, 9.17) is 9.47 Å². The first-order chi connectivity index (χ1) is 8.24. The van der Waals surface area contributed by atoms with Crippen LogP contribution in [0.1, 0.15) is 34.9 Å². The quantitative estimate of drug-likeness (QED) is 0.635. The summed E-state index contributed by atoms with van der Waals surface area (Å²) in [7, 11) is 1.39. The maximum absolute atomic E-state index is 11.6. The van der Waals surface area contributed by atoms with Crippen LogP contribution >= 0.6 is 15.9 Å². The number of carbonyl (C=O) groups is 1. The average molecular weight is 299 g/mol. The van der Waals surface area contributed by atoms with Gasteiger partial charge in [-0.3, -0.25) is 4.79 Å². The third kappa shape index (κ3) is 2.69. The minimum absolute atomic E-state index is 0.107. The van der Waals surface area contributed by atoms with Crippen molar-refractivity contribution in [1.29, 1.82) is 0 Å². The normalized spacial score (nSPS) is 21.2. The third-order valence-electron chi connectivity index (χ3n) is 2.95. The van der Waals surface area contributed by atoms with Crippen molar-refractivity contribution >= 4 is 21.9 Å². The highest BCUT2D eigenvalue weighted by Crippen LogP contribution is 2.36. The number of hydrogen-bond acceptors (Lipinski definition) is 3. The van der Waals surface area contributed by atoms with Crippen LogP contribution in [-0.2, 0) is 14.3 Å². The molecule has 2 rings (SSSR count). The molecule has 0 N–H and O–H groups in total. The summed E-state index contributed by atoms with van der Waals surface area (Å²) < 4.78 is 10.4. The summed E-state index contributed by atoms with van der Waals surface area (Å²) in [6, 6.07) is 7.85. The van der Waals surface area contributed by atoms with Gasteiger partial charge in [-0.25, -0.2) is 0 Å². The van der Waals surface area contributed by atoms with Gasteiger partial charge in [0.05, 0.1) is 13.2 Å². The van der Waals surface area contributed by atoms with E-state index >= 15 is 0 Å². The van der Waals surface area contributed by atoms with Crippen LogP contribution in [0.25, 0.3) is 0 Å². The maximum atomic E-state index is 11.6. The van der Waals surface area contributed by atoms with E-state index in [-0.39, 0.29) is 12.1 Å². The second kappa shape index (κ2) is 5.65. The van der Waals surface area contributed by atoms with E-state index in [1.54, 1.807) is 0 Å². The molecule has 1 aliphatic heterocycles. The molecule has 0 bridgehead atoms. The van der Waals surface area contributed by atoms with Crippen molar-refractivity contribution in [2.75, 3.05) is 13.7 Å². The number of esters is 1. The lowest BCUT2D eigenvalue weighted by molar-refractivity contribution is -0.139. The lowest BCUT2D eigenvalue weighted by atomic mass is 9.98. The fraction of sp³-hybridized carbons (Fsp3) is 0.462. The molecule has 0 saturated carbocycles. The summed E-state index contributed by atoms with van der Waals surface area (Å²) in [4.78, 5) is 11.1. The summed E-state index contributed by atoms with van der Waals surface area (Å²) in [5.74, 6) is -0.282. The average Bonchev–Trinajstić information content (AvgIpc) is 2.90. The minimum atomic E-state index is -0.423. The molecule has 0 aromatic heterocycles. The molecule has 0 aliphatic carbocycles. The monoisotopic (exact) mass is 298 g/mol. The van der Waals surface area contributed by atoms with Gasteiger partial charge >= 0.3 is 5.97 Å². The Balaban J connectivity index is 2.29. The molecular formula is C13H15BrO3. The van der Waals surface area contributed by atoms with Crippen molar-refractivity contribution in [3.05, 3.63) is 35.4 Å². The summed E-state index contributed by atoms with van der Waals surface area (Å²) in [6.45, 7) is 0.796. The molecule has 1 heterocycles. The number of benzene rings is 1. The molecule has 1 saturated heterocycles. The highest BCUT2D eigenvalue weighted by atomic mass is 79.9. The van der Waals surface area contributed by atoms with E-state index in [1.165, 1.54) is 7.11 Å². The van der Waals surface area contributed by atoms with Gasteiger partial charge in [0.15, 0.2) is 0 Å². The Bertz CT molecular complexity index is 399. The predicted octanol–water partition coefficient (Wildman–Crippen LogP) is 3.15. The minimum Gasteiger partial charge on any atom is -0.468 e. The van der Waals surface area contributed by atoms with Crippen LogP contribution in [0, 0.1) is 0 Å². The predicted molar refractivity (Wildman–Crippen MR) is 68.1 cm³/mol. The zero-order valence-corrected chi connectivity index (χ0v) is 11.3. The van der Waals surface area contributed by atoms with E-state index in [2.05, 4.69) is 15.9 Å². The Labute approximate surface area is 109 Å². The molecular weight excluding hydrogens is 284 g/mol. The molecule has 92 valence electrons. The molecule has 3 nitrogen and oxygen atoms in total. The van der Waals surface area contributed by atoms with Gasteiger partial charge in [-0.1, -0.05) is 40.2 Å². The number of halogens is 1. The summed E-state index contributed by atoms with van der Waals surface area (Å²) in [5.41, 5.74) is 2.02. The topological polar surface area (TPSA) is 35.5 Å². The van der Waals surface area contributed by atoms with Gasteiger partial charge < -0.3 is 9.47 Å². The number of rotatable bonds is 3. The van der Waals surface area contributed by atoms with Crippen LogP contribution in [0.3, 0.4) is 0 Å². The van der Waals surface area contributed by atoms with Gasteiger partial charge in [-0.15, -0.1) is 0 Å². The number of ether oxygens (including phenoxy) is 2. The van der Waals surface area contributed by atoms with Crippen molar-refractivity contribution in [2.24, 2.45) is 0 Å². The highest BCUT2D eigenvalue weighted by molar-refractivity contribution is 9.09. The van der Waals surface area contributed by atoms with E-state index in [9.17, 15) is 4.79 Å². The van der Waals surface area contributed by atoms with Gasteiger partial charge in [0.2, 0.25) is 0 Å². The molecule has 0 spiro atoms. The fourth-order valence-corrected chi connectivity index (χ4v) is 2.69. The number of methoxy groups -OCH3 is 1. The van der Waals surface area contributed by atoms with Crippen molar-refractivity contribution in [3.63, 3.8) is 0 Å². The lowest BCUT2D eigenvalue weighted by Gasteiger charge is -2.17. The Morgan fingerprint density at radius 1 is 1.53 bits per heavy atom. The van der Waals surface area contributed by atoms with Gasteiger partial charge in [0.1, 0.15) is 4.83 Å². The molecule has 2 unspecified atom stereocenters. The molecule has 1 aromatic carbocycles. The lowest BCUT2D eigenvalue weighted by Crippen LogP contribution is -2.12. The SMILES string of the molecule is COC(=O)C(Br)c1ccccc1C1CCCO1. The van der Waals surface area contributed by atoms with Gasteiger partial charge in [0.25, 0.3) is 0 Å². The van der Waals surface area contributed by atoms with Crippen LogP contribution in [-0.4, -0.2) is 19.7 Å². The number of carbonyl (C=O) groups excluding carboxylic acids is 1. The van der Waals surface area contributed by atoms with E-state index in [0.717, 1.165) is 30.6 Å². The Hall–Kier alpha value is -0.870. The molecule has 1 aliphatic rings. The fourth-order valence-electron chi connectivity index (χ4n) is 2.09. The molecule has 2 atom stereocenters. The second-order valence-electron chi connectivity index (χ2n) is 4.02.